The number of rotatable bonds is 2. The van der Waals surface area contributed by atoms with Crippen LogP contribution in [0.3, 0.4) is 0 Å². The van der Waals surface area contributed by atoms with Gasteiger partial charge in [0.2, 0.25) is 0 Å². The van der Waals surface area contributed by atoms with E-state index in [9.17, 15) is 19.8 Å². The van der Waals surface area contributed by atoms with Crippen molar-refractivity contribution in [3.63, 3.8) is 0 Å². The van der Waals surface area contributed by atoms with Crippen LogP contribution in [0.2, 0.25) is 0 Å². The zero-order valence-electron chi connectivity index (χ0n) is 8.10. The predicted octanol–water partition coefficient (Wildman–Crippen LogP) is -3.98. The van der Waals surface area contributed by atoms with Gasteiger partial charge in [0.1, 0.15) is 0 Å². The third-order valence-electron chi connectivity index (χ3n) is 0.682. The van der Waals surface area contributed by atoms with Crippen molar-refractivity contribution in [1.29, 1.82) is 0 Å². The van der Waals surface area contributed by atoms with E-state index in [1.807, 2.05) is 0 Å². The Morgan fingerprint density at radius 3 is 1.07 bits per heavy atom. The van der Waals surface area contributed by atoms with Crippen molar-refractivity contribution in [2.24, 2.45) is 0 Å². The molecule has 0 spiro atoms. The zero-order valence-corrected chi connectivity index (χ0v) is 10.3. The monoisotopic (exact) mass is 235 g/mol. The molecule has 0 fully saturated rings. The SMILES string of the molecule is CC(O)C(=O)[O-].CC(O)C(=O)[O-].N.[Ca+2]. The summed E-state index contributed by atoms with van der Waals surface area (Å²) in [7, 11) is 0. The molecule has 0 aromatic carbocycles. The van der Waals surface area contributed by atoms with Gasteiger partial charge < -0.3 is 36.2 Å². The molecule has 2 unspecified atom stereocenters. The van der Waals surface area contributed by atoms with Crippen LogP contribution >= 0.6 is 0 Å². The topological polar surface area (TPSA) is 156 Å². The number of aliphatic carboxylic acids is 2. The fraction of sp³-hybridized carbons (Fsp3) is 0.667. The number of aliphatic hydroxyl groups excluding tert-OH is 2. The van der Waals surface area contributed by atoms with Crippen molar-refractivity contribution >= 4 is 49.7 Å². The first-order valence-corrected chi connectivity index (χ1v) is 3.06. The van der Waals surface area contributed by atoms with Crippen molar-refractivity contribution < 1.29 is 30.0 Å². The maximum atomic E-state index is 9.34. The summed E-state index contributed by atoms with van der Waals surface area (Å²) in [6.45, 7) is 2.27. The molecule has 0 aliphatic rings. The standard InChI is InChI=1S/2C3H6O3.Ca.H3N/c2*1-2(4)3(5)6;;/h2*2,4H,1H3,(H,5,6);;1H3/q;;+2;/p-2. The molecule has 0 aliphatic carbocycles. The van der Waals surface area contributed by atoms with E-state index in [1.54, 1.807) is 0 Å². The molecule has 5 N–H and O–H groups in total. The smallest absolute Gasteiger partial charge is 0.547 e. The summed E-state index contributed by atoms with van der Waals surface area (Å²) in [4.78, 5) is 18.7. The quantitative estimate of drug-likeness (QED) is 0.412. The van der Waals surface area contributed by atoms with Crippen molar-refractivity contribution in [3.05, 3.63) is 0 Å². The maximum Gasteiger partial charge on any atom is 2.00 e. The maximum absolute atomic E-state index is 9.34. The summed E-state index contributed by atoms with van der Waals surface area (Å²) in [6, 6.07) is 0. The molecule has 0 amide bonds. The number of hydrogen-bond donors (Lipinski definition) is 3. The Morgan fingerprint density at radius 2 is 1.07 bits per heavy atom. The van der Waals surface area contributed by atoms with Gasteiger partial charge in [0.25, 0.3) is 0 Å². The summed E-state index contributed by atoms with van der Waals surface area (Å²) in [5.74, 6) is -2.87. The van der Waals surface area contributed by atoms with Crippen LogP contribution in [0, 0.1) is 0 Å². The Bertz CT molecular complexity index is 142. The van der Waals surface area contributed by atoms with Crippen LogP contribution in [0.25, 0.3) is 0 Å². The largest absolute Gasteiger partial charge is 2.00 e. The van der Waals surface area contributed by atoms with E-state index < -0.39 is 24.1 Å². The van der Waals surface area contributed by atoms with Crippen LogP contribution in [0.5, 0.6) is 0 Å². The summed E-state index contributed by atoms with van der Waals surface area (Å²) < 4.78 is 0. The van der Waals surface area contributed by atoms with E-state index in [0.29, 0.717) is 0 Å². The first-order valence-electron chi connectivity index (χ1n) is 3.06. The van der Waals surface area contributed by atoms with Crippen LogP contribution in [0.15, 0.2) is 0 Å². The molecule has 0 aromatic heterocycles. The Kier molecular flexibility index (Phi) is 22.1. The van der Waals surface area contributed by atoms with Gasteiger partial charge in [-0.3, -0.25) is 0 Å². The van der Waals surface area contributed by atoms with Gasteiger partial charge in [0.15, 0.2) is 0 Å². The predicted molar refractivity (Wildman–Crippen MR) is 44.2 cm³/mol. The fourth-order valence-electron chi connectivity index (χ4n) is 0. The molecule has 8 heteroatoms. The van der Waals surface area contributed by atoms with Crippen LogP contribution in [0.1, 0.15) is 13.8 Å². The number of carboxylic acids is 2. The second-order valence-electron chi connectivity index (χ2n) is 1.99. The van der Waals surface area contributed by atoms with Gasteiger partial charge in [-0.2, -0.15) is 0 Å². The van der Waals surface area contributed by atoms with Crippen LogP contribution < -0.4 is 16.4 Å². The van der Waals surface area contributed by atoms with Gasteiger partial charge in [-0.05, 0) is 13.8 Å². The van der Waals surface area contributed by atoms with E-state index in [2.05, 4.69) is 0 Å². The summed E-state index contributed by atoms with van der Waals surface area (Å²) >= 11 is 0. The van der Waals surface area contributed by atoms with Gasteiger partial charge in [0, 0.05) is 0 Å². The first kappa shape index (κ1) is 23.7. The molecule has 2 atom stereocenters. The minimum atomic E-state index is -1.44. The molecule has 0 radical (unpaired) electrons. The third kappa shape index (κ3) is 22.7. The Balaban J connectivity index is -0.0000000625. The number of carbonyl (C=O) groups excluding carboxylic acids is 2. The van der Waals surface area contributed by atoms with Gasteiger partial charge in [-0.15, -0.1) is 0 Å². The van der Waals surface area contributed by atoms with Gasteiger partial charge in [-0.1, -0.05) is 0 Å². The van der Waals surface area contributed by atoms with Crippen molar-refractivity contribution in [2.45, 2.75) is 26.1 Å². The second kappa shape index (κ2) is 13.1. The minimum absolute atomic E-state index is 0. The molecule has 0 rings (SSSR count). The molecule has 0 heterocycles. The van der Waals surface area contributed by atoms with E-state index in [4.69, 9.17) is 10.2 Å². The summed E-state index contributed by atoms with van der Waals surface area (Å²) in [5.41, 5.74) is 0. The van der Waals surface area contributed by atoms with Crippen molar-refractivity contribution in [2.75, 3.05) is 0 Å². The fourth-order valence-corrected chi connectivity index (χ4v) is 0. The molecule has 0 saturated heterocycles. The summed E-state index contributed by atoms with van der Waals surface area (Å²) in [6.07, 6.45) is -2.69. The minimum Gasteiger partial charge on any atom is -0.547 e. The van der Waals surface area contributed by atoms with E-state index in [-0.39, 0.29) is 43.9 Å². The third-order valence-corrected chi connectivity index (χ3v) is 0.682. The average Bonchev–Trinajstić information content (AvgIpc) is 1.88. The second-order valence-corrected chi connectivity index (χ2v) is 1.99. The Hall–Kier alpha value is 0.0797. The van der Waals surface area contributed by atoms with Crippen molar-refractivity contribution in [1.82, 2.24) is 6.15 Å². The Morgan fingerprint density at radius 1 is 1.00 bits per heavy atom. The van der Waals surface area contributed by atoms with E-state index in [1.165, 1.54) is 0 Å². The molecule has 0 bridgehead atoms. The normalized spacial score (nSPS) is 11.7. The Labute approximate surface area is 111 Å². The first-order chi connectivity index (χ1) is 5.29. The molecular formula is C6H13CaNO6. The number of carboxylic acid groups (broad SMARTS) is 2. The van der Waals surface area contributed by atoms with Crippen LogP contribution in [0.4, 0.5) is 0 Å². The molecule has 14 heavy (non-hydrogen) atoms. The molecular weight excluding hydrogens is 222 g/mol. The van der Waals surface area contributed by atoms with Crippen molar-refractivity contribution in [3.8, 4) is 0 Å². The molecule has 80 valence electrons. The van der Waals surface area contributed by atoms with E-state index >= 15 is 0 Å². The number of aliphatic hydroxyl groups is 2. The van der Waals surface area contributed by atoms with Gasteiger partial charge >= 0.3 is 37.7 Å². The summed E-state index contributed by atoms with van der Waals surface area (Å²) in [5, 5.41) is 34.6. The van der Waals surface area contributed by atoms with E-state index in [0.717, 1.165) is 13.8 Å². The number of carbonyl (C=O) groups is 2. The molecule has 0 saturated carbocycles. The van der Waals surface area contributed by atoms with Gasteiger partial charge in [0.05, 0.1) is 24.1 Å². The number of hydrogen-bond acceptors (Lipinski definition) is 7. The van der Waals surface area contributed by atoms with Crippen LogP contribution in [-0.2, 0) is 9.59 Å². The van der Waals surface area contributed by atoms with Gasteiger partial charge in [-0.25, -0.2) is 0 Å². The zero-order chi connectivity index (χ0) is 10.3. The average molecular weight is 235 g/mol. The molecule has 7 nitrogen and oxygen atoms in total. The molecule has 0 aliphatic heterocycles. The molecule has 0 aromatic rings. The van der Waals surface area contributed by atoms with Crippen LogP contribution in [-0.4, -0.2) is 72.1 Å².